The van der Waals surface area contributed by atoms with Gasteiger partial charge in [0.2, 0.25) is 5.91 Å². The second-order valence-electron chi connectivity index (χ2n) is 5.28. The number of ether oxygens (including phenoxy) is 1. The molecule has 0 saturated heterocycles. The number of hydrogen-bond donors (Lipinski definition) is 1. The number of carbonyl (C=O) groups is 2. The van der Waals surface area contributed by atoms with E-state index in [-0.39, 0.29) is 12.3 Å². The van der Waals surface area contributed by atoms with Crippen LogP contribution in [0, 0.1) is 6.92 Å². The summed E-state index contributed by atoms with van der Waals surface area (Å²) in [4.78, 5) is 23.9. The maximum absolute atomic E-state index is 12.1. The van der Waals surface area contributed by atoms with Crippen molar-refractivity contribution in [1.82, 2.24) is 5.32 Å². The highest BCUT2D eigenvalue weighted by Crippen LogP contribution is 2.15. The molecule has 0 aliphatic rings. The van der Waals surface area contributed by atoms with Crippen molar-refractivity contribution in [1.29, 1.82) is 0 Å². The predicted octanol–water partition coefficient (Wildman–Crippen LogP) is 2.39. The van der Waals surface area contributed by atoms with Crippen LogP contribution in [0.2, 0.25) is 0 Å². The summed E-state index contributed by atoms with van der Waals surface area (Å²) >= 11 is 0. The Labute approximate surface area is 120 Å². The average Bonchev–Trinajstić information content (AvgIpc) is 2.40. The first-order valence-corrected chi connectivity index (χ1v) is 6.86. The Morgan fingerprint density at radius 2 is 1.85 bits per heavy atom. The SMILES string of the molecule is CCCC(C)(NC(=O)Cc1ccc(C)cc1)C(=O)OC. The summed E-state index contributed by atoms with van der Waals surface area (Å²) in [6, 6.07) is 7.77. The Balaban J connectivity index is 2.71. The van der Waals surface area contributed by atoms with Crippen LogP contribution < -0.4 is 5.32 Å². The molecule has 0 heterocycles. The van der Waals surface area contributed by atoms with Crippen molar-refractivity contribution < 1.29 is 14.3 Å². The number of hydrogen-bond acceptors (Lipinski definition) is 3. The minimum atomic E-state index is -0.953. The van der Waals surface area contributed by atoms with Crippen molar-refractivity contribution in [2.75, 3.05) is 7.11 Å². The van der Waals surface area contributed by atoms with Gasteiger partial charge in [-0.05, 0) is 25.8 Å². The molecule has 110 valence electrons. The van der Waals surface area contributed by atoms with E-state index >= 15 is 0 Å². The molecular formula is C16H23NO3. The highest BCUT2D eigenvalue weighted by Gasteiger charge is 2.34. The predicted molar refractivity (Wildman–Crippen MR) is 78.4 cm³/mol. The molecule has 1 aromatic carbocycles. The van der Waals surface area contributed by atoms with Crippen molar-refractivity contribution >= 4 is 11.9 Å². The van der Waals surface area contributed by atoms with Gasteiger partial charge < -0.3 is 10.1 Å². The van der Waals surface area contributed by atoms with Crippen LogP contribution >= 0.6 is 0 Å². The van der Waals surface area contributed by atoms with E-state index in [1.807, 2.05) is 38.1 Å². The summed E-state index contributed by atoms with van der Waals surface area (Å²) in [5, 5.41) is 2.79. The van der Waals surface area contributed by atoms with Gasteiger partial charge in [0.25, 0.3) is 0 Å². The summed E-state index contributed by atoms with van der Waals surface area (Å²) in [7, 11) is 1.34. The Bertz CT molecular complexity index is 467. The zero-order chi connectivity index (χ0) is 15.2. The third-order valence-electron chi connectivity index (χ3n) is 3.29. The minimum Gasteiger partial charge on any atom is -0.467 e. The van der Waals surface area contributed by atoms with Gasteiger partial charge in [0.1, 0.15) is 5.54 Å². The van der Waals surface area contributed by atoms with Crippen LogP contribution in [-0.2, 0) is 20.7 Å². The van der Waals surface area contributed by atoms with Crippen LogP contribution in [0.5, 0.6) is 0 Å². The first-order chi connectivity index (χ1) is 9.41. The minimum absolute atomic E-state index is 0.171. The molecule has 1 unspecified atom stereocenters. The number of esters is 1. The van der Waals surface area contributed by atoms with E-state index in [4.69, 9.17) is 4.74 Å². The summed E-state index contributed by atoms with van der Waals surface area (Å²) < 4.78 is 4.78. The van der Waals surface area contributed by atoms with Gasteiger partial charge in [-0.25, -0.2) is 4.79 Å². The van der Waals surface area contributed by atoms with E-state index in [2.05, 4.69) is 5.32 Å². The number of aryl methyl sites for hydroxylation is 1. The lowest BCUT2D eigenvalue weighted by Gasteiger charge is -2.27. The molecule has 1 amide bonds. The first-order valence-electron chi connectivity index (χ1n) is 6.86. The second kappa shape index (κ2) is 7.08. The standard InChI is InChI=1S/C16H23NO3/c1-5-10-16(3,15(19)20-4)17-14(18)11-13-8-6-12(2)7-9-13/h6-9H,5,10-11H2,1-4H3,(H,17,18). The molecule has 0 aliphatic heterocycles. The largest absolute Gasteiger partial charge is 0.467 e. The van der Waals surface area contributed by atoms with Crippen LogP contribution in [-0.4, -0.2) is 24.5 Å². The fraction of sp³-hybridized carbons (Fsp3) is 0.500. The van der Waals surface area contributed by atoms with Gasteiger partial charge in [-0.3, -0.25) is 4.79 Å². The Kier molecular flexibility index (Phi) is 5.74. The fourth-order valence-corrected chi connectivity index (χ4v) is 2.18. The van der Waals surface area contributed by atoms with Gasteiger partial charge in [-0.1, -0.05) is 43.2 Å². The molecule has 1 N–H and O–H groups in total. The number of carbonyl (C=O) groups excluding carboxylic acids is 2. The molecule has 0 saturated carbocycles. The Morgan fingerprint density at radius 3 is 2.35 bits per heavy atom. The molecule has 0 spiro atoms. The molecule has 1 rings (SSSR count). The molecular weight excluding hydrogens is 254 g/mol. The van der Waals surface area contributed by atoms with Gasteiger partial charge in [0.05, 0.1) is 13.5 Å². The first kappa shape index (κ1) is 16.2. The third kappa shape index (κ3) is 4.37. The maximum atomic E-state index is 12.1. The highest BCUT2D eigenvalue weighted by atomic mass is 16.5. The molecule has 0 fully saturated rings. The zero-order valence-electron chi connectivity index (χ0n) is 12.7. The van der Waals surface area contributed by atoms with Gasteiger partial charge in [0, 0.05) is 0 Å². The fourth-order valence-electron chi connectivity index (χ4n) is 2.18. The van der Waals surface area contributed by atoms with E-state index < -0.39 is 11.5 Å². The summed E-state index contributed by atoms with van der Waals surface area (Å²) in [6.07, 6.45) is 1.60. The van der Waals surface area contributed by atoms with Crippen LogP contribution in [0.25, 0.3) is 0 Å². The molecule has 20 heavy (non-hydrogen) atoms. The van der Waals surface area contributed by atoms with E-state index in [1.165, 1.54) is 7.11 Å². The van der Waals surface area contributed by atoms with Crippen molar-refractivity contribution in [2.45, 2.75) is 45.6 Å². The van der Waals surface area contributed by atoms with Gasteiger partial charge >= 0.3 is 5.97 Å². The van der Waals surface area contributed by atoms with Crippen LogP contribution in [0.4, 0.5) is 0 Å². The smallest absolute Gasteiger partial charge is 0.331 e. The van der Waals surface area contributed by atoms with E-state index in [1.54, 1.807) is 6.92 Å². The monoisotopic (exact) mass is 277 g/mol. The third-order valence-corrected chi connectivity index (χ3v) is 3.29. The summed E-state index contributed by atoms with van der Waals surface area (Å²) in [6.45, 7) is 5.67. The Morgan fingerprint density at radius 1 is 1.25 bits per heavy atom. The average molecular weight is 277 g/mol. The van der Waals surface area contributed by atoms with Gasteiger partial charge in [-0.15, -0.1) is 0 Å². The molecule has 1 atom stereocenters. The van der Waals surface area contributed by atoms with Crippen LogP contribution in [0.15, 0.2) is 24.3 Å². The maximum Gasteiger partial charge on any atom is 0.331 e. The van der Waals surface area contributed by atoms with E-state index in [9.17, 15) is 9.59 Å². The summed E-state index contributed by atoms with van der Waals surface area (Å²) in [5.74, 6) is -0.577. The number of amides is 1. The van der Waals surface area contributed by atoms with Crippen molar-refractivity contribution in [2.24, 2.45) is 0 Å². The lowest BCUT2D eigenvalue weighted by molar-refractivity contribution is -0.150. The van der Waals surface area contributed by atoms with E-state index in [0.29, 0.717) is 6.42 Å². The highest BCUT2D eigenvalue weighted by molar-refractivity contribution is 5.88. The van der Waals surface area contributed by atoms with Crippen molar-refractivity contribution in [3.05, 3.63) is 35.4 Å². The quantitative estimate of drug-likeness (QED) is 0.812. The number of benzene rings is 1. The van der Waals surface area contributed by atoms with Crippen LogP contribution in [0.3, 0.4) is 0 Å². The zero-order valence-corrected chi connectivity index (χ0v) is 12.7. The molecule has 0 aromatic heterocycles. The normalized spacial score (nSPS) is 13.4. The second-order valence-corrected chi connectivity index (χ2v) is 5.28. The van der Waals surface area contributed by atoms with Crippen molar-refractivity contribution in [3.8, 4) is 0 Å². The van der Waals surface area contributed by atoms with E-state index in [0.717, 1.165) is 17.5 Å². The van der Waals surface area contributed by atoms with Crippen molar-refractivity contribution in [3.63, 3.8) is 0 Å². The lowest BCUT2D eigenvalue weighted by Crippen LogP contribution is -2.53. The molecule has 0 aliphatic carbocycles. The number of nitrogens with one attached hydrogen (secondary N) is 1. The lowest BCUT2D eigenvalue weighted by atomic mass is 9.95. The summed E-state index contributed by atoms with van der Waals surface area (Å²) in [5.41, 5.74) is 1.13. The molecule has 4 heteroatoms. The Hall–Kier alpha value is -1.84. The molecule has 1 aromatic rings. The van der Waals surface area contributed by atoms with Gasteiger partial charge in [-0.2, -0.15) is 0 Å². The molecule has 0 bridgehead atoms. The topological polar surface area (TPSA) is 55.4 Å². The molecule has 4 nitrogen and oxygen atoms in total. The number of methoxy groups -OCH3 is 1. The van der Waals surface area contributed by atoms with Crippen LogP contribution in [0.1, 0.15) is 37.8 Å². The van der Waals surface area contributed by atoms with Gasteiger partial charge in [0.15, 0.2) is 0 Å². The number of rotatable bonds is 6. The molecule has 0 radical (unpaired) electrons.